The van der Waals surface area contributed by atoms with Crippen LogP contribution >= 0.6 is 0 Å². The molecule has 0 bridgehead atoms. The molecule has 21 heavy (non-hydrogen) atoms. The lowest BCUT2D eigenvalue weighted by Crippen LogP contribution is -2.51. The lowest BCUT2D eigenvalue weighted by Gasteiger charge is -2.40. The van der Waals surface area contributed by atoms with Crippen molar-refractivity contribution in [3.8, 4) is 0 Å². The van der Waals surface area contributed by atoms with Gasteiger partial charge in [-0.3, -0.25) is 0 Å². The number of aliphatic hydroxyl groups excluding tert-OH is 1. The van der Waals surface area contributed by atoms with Gasteiger partial charge in [0.1, 0.15) is 0 Å². The van der Waals surface area contributed by atoms with E-state index >= 15 is 0 Å². The minimum atomic E-state index is -3.35. The molecule has 2 rings (SSSR count). The minimum absolute atomic E-state index is 0.0247. The van der Waals surface area contributed by atoms with Crippen molar-refractivity contribution in [2.24, 2.45) is 0 Å². The second-order valence-corrected chi connectivity index (χ2v) is 8.17. The molecule has 2 saturated heterocycles. The van der Waals surface area contributed by atoms with Crippen LogP contribution in [0.25, 0.3) is 0 Å². The monoisotopic (exact) mass is 319 g/mol. The number of nitrogens with zero attached hydrogens (tertiary/aromatic N) is 3. The van der Waals surface area contributed by atoms with E-state index in [4.69, 9.17) is 5.11 Å². The fraction of sp³-hybridized carbons (Fsp3) is 1.00. The van der Waals surface area contributed by atoms with Gasteiger partial charge in [-0.1, -0.05) is 6.42 Å². The largest absolute Gasteiger partial charge is 0.396 e. The standard InChI is InChI=1S/C14H29N3O3S/c1-15(8-5-13-18)21(19,20)17-11-6-14(7-12-17)16-9-3-2-4-10-16/h14,18H,2-13H2,1H3. The Bertz CT molecular complexity index is 402. The highest BCUT2D eigenvalue weighted by Gasteiger charge is 2.32. The summed E-state index contributed by atoms with van der Waals surface area (Å²) < 4.78 is 27.8. The Morgan fingerprint density at radius 3 is 2.29 bits per heavy atom. The van der Waals surface area contributed by atoms with Crippen molar-refractivity contribution < 1.29 is 13.5 Å². The lowest BCUT2D eigenvalue weighted by molar-refractivity contribution is 0.116. The molecule has 0 aliphatic carbocycles. The van der Waals surface area contributed by atoms with E-state index in [1.165, 1.54) is 36.7 Å². The molecular weight excluding hydrogens is 290 g/mol. The van der Waals surface area contributed by atoms with Gasteiger partial charge in [0.25, 0.3) is 10.2 Å². The molecule has 0 aromatic carbocycles. The second-order valence-electron chi connectivity index (χ2n) is 6.13. The zero-order chi connectivity index (χ0) is 15.3. The number of piperidine rings is 2. The van der Waals surface area contributed by atoms with Crippen molar-refractivity contribution in [1.29, 1.82) is 0 Å². The summed E-state index contributed by atoms with van der Waals surface area (Å²) >= 11 is 0. The van der Waals surface area contributed by atoms with Crippen molar-refractivity contribution >= 4 is 10.2 Å². The van der Waals surface area contributed by atoms with E-state index in [9.17, 15) is 8.42 Å². The van der Waals surface area contributed by atoms with Gasteiger partial charge < -0.3 is 10.0 Å². The molecule has 2 fully saturated rings. The molecule has 0 amide bonds. The van der Waals surface area contributed by atoms with Crippen LogP contribution in [0.3, 0.4) is 0 Å². The highest BCUT2D eigenvalue weighted by Crippen LogP contribution is 2.23. The SMILES string of the molecule is CN(CCCO)S(=O)(=O)N1CCC(N2CCCCC2)CC1. The van der Waals surface area contributed by atoms with Crippen LogP contribution in [0.4, 0.5) is 0 Å². The number of rotatable bonds is 6. The third kappa shape index (κ3) is 4.39. The number of hydrogen-bond acceptors (Lipinski definition) is 4. The van der Waals surface area contributed by atoms with Gasteiger partial charge in [-0.15, -0.1) is 0 Å². The van der Waals surface area contributed by atoms with E-state index in [1.807, 2.05) is 0 Å². The smallest absolute Gasteiger partial charge is 0.281 e. The quantitative estimate of drug-likeness (QED) is 0.774. The first kappa shape index (κ1) is 17.1. The maximum Gasteiger partial charge on any atom is 0.281 e. The summed E-state index contributed by atoms with van der Waals surface area (Å²) in [6, 6.07) is 0.555. The Morgan fingerprint density at radius 1 is 1.10 bits per heavy atom. The molecule has 0 aromatic rings. The molecule has 0 radical (unpaired) electrons. The van der Waals surface area contributed by atoms with Crippen LogP contribution in [0.2, 0.25) is 0 Å². The van der Waals surface area contributed by atoms with Gasteiger partial charge in [0, 0.05) is 39.3 Å². The van der Waals surface area contributed by atoms with Gasteiger partial charge in [0.15, 0.2) is 0 Å². The minimum Gasteiger partial charge on any atom is -0.396 e. The summed E-state index contributed by atoms with van der Waals surface area (Å²) in [5, 5.41) is 8.83. The molecule has 2 aliphatic heterocycles. The molecule has 1 N–H and O–H groups in total. The average molecular weight is 319 g/mol. The Balaban J connectivity index is 1.84. The molecular formula is C14H29N3O3S. The Kier molecular flexibility index (Phi) is 6.43. The number of aliphatic hydroxyl groups is 1. The first-order chi connectivity index (χ1) is 10.1. The molecule has 7 heteroatoms. The van der Waals surface area contributed by atoms with Crippen molar-refractivity contribution in [1.82, 2.24) is 13.5 Å². The molecule has 0 saturated carbocycles. The molecule has 0 atom stereocenters. The van der Waals surface area contributed by atoms with E-state index in [2.05, 4.69) is 4.90 Å². The summed E-state index contributed by atoms with van der Waals surface area (Å²) in [5.74, 6) is 0. The van der Waals surface area contributed by atoms with Crippen molar-refractivity contribution in [3.63, 3.8) is 0 Å². The highest BCUT2D eigenvalue weighted by molar-refractivity contribution is 7.86. The third-order valence-corrected chi connectivity index (χ3v) is 6.67. The van der Waals surface area contributed by atoms with Crippen molar-refractivity contribution in [2.45, 2.75) is 44.6 Å². The van der Waals surface area contributed by atoms with Gasteiger partial charge in [-0.2, -0.15) is 17.0 Å². The van der Waals surface area contributed by atoms with Crippen molar-refractivity contribution in [3.05, 3.63) is 0 Å². The van der Waals surface area contributed by atoms with Gasteiger partial charge in [0.2, 0.25) is 0 Å². The Morgan fingerprint density at radius 2 is 1.71 bits per heavy atom. The van der Waals surface area contributed by atoms with Gasteiger partial charge in [0.05, 0.1) is 0 Å². The zero-order valence-corrected chi connectivity index (χ0v) is 13.9. The van der Waals surface area contributed by atoms with E-state index in [-0.39, 0.29) is 6.61 Å². The first-order valence-electron chi connectivity index (χ1n) is 8.12. The van der Waals surface area contributed by atoms with E-state index in [1.54, 1.807) is 11.4 Å². The summed E-state index contributed by atoms with van der Waals surface area (Å²) in [5.41, 5.74) is 0. The molecule has 124 valence electrons. The molecule has 0 unspecified atom stereocenters. The van der Waals surface area contributed by atoms with Crippen LogP contribution in [-0.4, -0.2) is 79.5 Å². The molecule has 2 heterocycles. The number of hydrogen-bond donors (Lipinski definition) is 1. The first-order valence-corrected chi connectivity index (χ1v) is 9.51. The maximum atomic E-state index is 12.4. The Labute approximate surface area is 128 Å². The third-order valence-electron chi connectivity index (χ3n) is 4.68. The summed E-state index contributed by atoms with van der Waals surface area (Å²) in [7, 11) is -1.75. The van der Waals surface area contributed by atoms with Crippen molar-refractivity contribution in [2.75, 3.05) is 46.4 Å². The van der Waals surface area contributed by atoms with Gasteiger partial charge in [-0.05, 0) is 45.2 Å². The van der Waals surface area contributed by atoms with E-state index in [0.29, 0.717) is 32.1 Å². The summed E-state index contributed by atoms with van der Waals surface area (Å²) in [6.45, 7) is 3.99. The average Bonchev–Trinajstić information content (AvgIpc) is 2.53. The van der Waals surface area contributed by atoms with Crippen LogP contribution in [-0.2, 0) is 10.2 Å². The topological polar surface area (TPSA) is 64.1 Å². The van der Waals surface area contributed by atoms with E-state index in [0.717, 1.165) is 12.8 Å². The van der Waals surface area contributed by atoms with Crippen LogP contribution in [0.1, 0.15) is 38.5 Å². The highest BCUT2D eigenvalue weighted by atomic mass is 32.2. The van der Waals surface area contributed by atoms with Crippen LogP contribution < -0.4 is 0 Å². The normalized spacial score (nSPS) is 23.8. The van der Waals surface area contributed by atoms with Crippen LogP contribution in [0.5, 0.6) is 0 Å². The van der Waals surface area contributed by atoms with Crippen LogP contribution in [0.15, 0.2) is 0 Å². The van der Waals surface area contributed by atoms with Gasteiger partial charge >= 0.3 is 0 Å². The Hall–Kier alpha value is -0.210. The maximum absolute atomic E-state index is 12.4. The van der Waals surface area contributed by atoms with E-state index < -0.39 is 10.2 Å². The summed E-state index contributed by atoms with van der Waals surface area (Å²) in [4.78, 5) is 2.54. The zero-order valence-electron chi connectivity index (χ0n) is 13.1. The fourth-order valence-corrected chi connectivity index (χ4v) is 4.75. The van der Waals surface area contributed by atoms with Gasteiger partial charge in [-0.25, -0.2) is 0 Å². The molecule has 0 aromatic heterocycles. The molecule has 2 aliphatic rings. The predicted molar refractivity (Wildman–Crippen MR) is 83.3 cm³/mol. The number of likely N-dealkylation sites (tertiary alicyclic amines) is 1. The van der Waals surface area contributed by atoms with Crippen LogP contribution in [0, 0.1) is 0 Å². The second kappa shape index (κ2) is 7.87. The molecule has 0 spiro atoms. The fourth-order valence-electron chi connectivity index (χ4n) is 3.33. The summed E-state index contributed by atoms with van der Waals surface area (Å²) in [6.07, 6.45) is 6.25. The lowest BCUT2D eigenvalue weighted by atomic mass is 10.0. The predicted octanol–water partition coefficient (Wildman–Crippen LogP) is 0.496. The molecule has 6 nitrogen and oxygen atoms in total.